The largest absolute Gasteiger partial charge is 0.462 e. The third-order valence-corrected chi connectivity index (χ3v) is 4.64. The summed E-state index contributed by atoms with van der Waals surface area (Å²) in [6, 6.07) is 1.81. The number of thioether (sulfide) groups is 1. The molecule has 0 aromatic heterocycles. The van der Waals surface area contributed by atoms with E-state index in [1.807, 2.05) is 0 Å². The molecule has 24 heavy (non-hydrogen) atoms. The van der Waals surface area contributed by atoms with Crippen LogP contribution in [0.4, 0.5) is 8.78 Å². The van der Waals surface area contributed by atoms with Crippen LogP contribution in [0.1, 0.15) is 30.1 Å². The fourth-order valence-electron chi connectivity index (χ4n) is 1.97. The van der Waals surface area contributed by atoms with E-state index in [1.54, 1.807) is 13.2 Å². The molecule has 1 aliphatic carbocycles. The van der Waals surface area contributed by atoms with Crippen molar-refractivity contribution in [3.8, 4) is 0 Å². The lowest BCUT2D eigenvalue weighted by Crippen LogP contribution is -2.25. The van der Waals surface area contributed by atoms with Gasteiger partial charge in [0.05, 0.1) is 21.7 Å². The van der Waals surface area contributed by atoms with Gasteiger partial charge >= 0.3 is 5.97 Å². The van der Waals surface area contributed by atoms with Crippen LogP contribution in [0.2, 0.25) is 0 Å². The van der Waals surface area contributed by atoms with Gasteiger partial charge in [0.2, 0.25) is 5.78 Å². The van der Waals surface area contributed by atoms with E-state index >= 15 is 0 Å². The number of benzene rings is 1. The third kappa shape index (κ3) is 4.36. The highest BCUT2D eigenvalue weighted by Crippen LogP contribution is 2.28. The molecule has 0 amide bonds. The Kier molecular flexibility index (Phi) is 6.40. The maximum Gasteiger partial charge on any atom is 0.344 e. The van der Waals surface area contributed by atoms with Gasteiger partial charge in [0.25, 0.3) is 0 Å². The summed E-state index contributed by atoms with van der Waals surface area (Å²) < 4.78 is 32.7. The highest BCUT2D eigenvalue weighted by atomic mass is 79.9. The standard InChI is InChI=1S/C16H16BrF2NO3S/c1-3-23-16(22)13(15(24-2)20-8-4-5-8)14(21)9-6-12(19)10(17)7-11(9)18/h6-8,20H,3-5H2,1-2H3/b15-13+. The Morgan fingerprint density at radius 3 is 2.54 bits per heavy atom. The Balaban J connectivity index is 2.49. The van der Waals surface area contributed by atoms with Gasteiger partial charge in [-0.05, 0) is 54.1 Å². The minimum Gasteiger partial charge on any atom is -0.462 e. The summed E-state index contributed by atoms with van der Waals surface area (Å²) in [5.74, 6) is -3.47. The Morgan fingerprint density at radius 2 is 2.00 bits per heavy atom. The number of carbonyl (C=O) groups excluding carboxylic acids is 2. The Hall–Kier alpha value is -1.41. The molecule has 0 atom stereocenters. The summed E-state index contributed by atoms with van der Waals surface area (Å²) in [7, 11) is 0. The van der Waals surface area contributed by atoms with E-state index in [1.165, 1.54) is 0 Å². The summed E-state index contributed by atoms with van der Waals surface area (Å²) in [5.41, 5.74) is -0.820. The van der Waals surface area contributed by atoms with Gasteiger partial charge < -0.3 is 10.1 Å². The zero-order chi connectivity index (χ0) is 17.9. The minimum atomic E-state index is -0.915. The number of ketones is 1. The Labute approximate surface area is 151 Å². The number of Topliss-reactive ketones (excluding diaryl/α,β-unsaturated/α-hetero) is 1. The van der Waals surface area contributed by atoms with Crippen LogP contribution < -0.4 is 5.32 Å². The van der Waals surface area contributed by atoms with Crippen LogP contribution in [0.5, 0.6) is 0 Å². The molecule has 0 bridgehead atoms. The number of hydrogen-bond acceptors (Lipinski definition) is 5. The summed E-state index contributed by atoms with van der Waals surface area (Å²) in [6.45, 7) is 1.67. The van der Waals surface area contributed by atoms with Crippen molar-refractivity contribution in [1.82, 2.24) is 5.32 Å². The van der Waals surface area contributed by atoms with Crippen molar-refractivity contribution in [2.24, 2.45) is 0 Å². The van der Waals surface area contributed by atoms with Crippen molar-refractivity contribution < 1.29 is 23.1 Å². The molecule has 2 rings (SSSR count). The summed E-state index contributed by atoms with van der Waals surface area (Å²) >= 11 is 4.02. The minimum absolute atomic E-state index is 0.0673. The van der Waals surface area contributed by atoms with Gasteiger partial charge in [0, 0.05) is 6.04 Å². The van der Waals surface area contributed by atoms with E-state index in [2.05, 4.69) is 21.2 Å². The molecule has 1 fully saturated rings. The first-order chi connectivity index (χ1) is 11.4. The lowest BCUT2D eigenvalue weighted by molar-refractivity contribution is -0.138. The molecule has 0 heterocycles. The van der Waals surface area contributed by atoms with Crippen molar-refractivity contribution in [2.75, 3.05) is 12.9 Å². The monoisotopic (exact) mass is 419 g/mol. The predicted molar refractivity (Wildman–Crippen MR) is 91.7 cm³/mol. The molecule has 4 nitrogen and oxygen atoms in total. The first-order valence-electron chi connectivity index (χ1n) is 7.30. The van der Waals surface area contributed by atoms with Crippen LogP contribution in [0.25, 0.3) is 0 Å². The van der Waals surface area contributed by atoms with Crippen molar-refractivity contribution in [3.63, 3.8) is 0 Å². The van der Waals surface area contributed by atoms with Crippen LogP contribution >= 0.6 is 27.7 Å². The number of esters is 1. The van der Waals surface area contributed by atoms with Crippen LogP contribution in [0.15, 0.2) is 27.2 Å². The first-order valence-corrected chi connectivity index (χ1v) is 9.32. The maximum absolute atomic E-state index is 14.1. The summed E-state index contributed by atoms with van der Waals surface area (Å²) in [5, 5.41) is 3.38. The summed E-state index contributed by atoms with van der Waals surface area (Å²) in [4.78, 5) is 25.0. The van der Waals surface area contributed by atoms with Gasteiger partial charge in [0.1, 0.15) is 17.2 Å². The molecule has 8 heteroatoms. The topological polar surface area (TPSA) is 55.4 Å². The molecule has 0 unspecified atom stereocenters. The van der Waals surface area contributed by atoms with Gasteiger partial charge in [-0.15, -0.1) is 11.8 Å². The highest BCUT2D eigenvalue weighted by molar-refractivity contribution is 9.10. The first kappa shape index (κ1) is 18.9. The van der Waals surface area contributed by atoms with Crippen molar-refractivity contribution in [3.05, 3.63) is 44.4 Å². The fraction of sp³-hybridized carbons (Fsp3) is 0.375. The molecule has 0 spiro atoms. The number of halogens is 3. The molecule has 0 radical (unpaired) electrons. The average molecular weight is 420 g/mol. The number of hydrogen-bond donors (Lipinski definition) is 1. The molecule has 0 saturated heterocycles. The Bertz CT molecular complexity index is 705. The number of rotatable bonds is 7. The van der Waals surface area contributed by atoms with Crippen LogP contribution in [0, 0.1) is 11.6 Å². The van der Waals surface area contributed by atoms with Gasteiger partial charge in [-0.25, -0.2) is 13.6 Å². The van der Waals surface area contributed by atoms with E-state index in [0.29, 0.717) is 5.03 Å². The SMILES string of the molecule is CCOC(=O)/C(C(=O)c1cc(F)c(Br)cc1F)=C(\NC1CC1)SC. The molecule has 1 aromatic rings. The van der Waals surface area contributed by atoms with Gasteiger partial charge in [-0.2, -0.15) is 0 Å². The average Bonchev–Trinajstić information content (AvgIpc) is 3.34. The van der Waals surface area contributed by atoms with Gasteiger partial charge in [-0.3, -0.25) is 4.79 Å². The molecule has 0 aliphatic heterocycles. The molecule has 1 saturated carbocycles. The van der Waals surface area contributed by atoms with Crippen LogP contribution in [0.3, 0.4) is 0 Å². The molecule has 1 aliphatic rings. The second-order valence-corrected chi connectivity index (χ2v) is 6.79. The molecule has 1 aromatic carbocycles. The smallest absolute Gasteiger partial charge is 0.344 e. The van der Waals surface area contributed by atoms with E-state index in [-0.39, 0.29) is 22.7 Å². The number of ether oxygens (including phenoxy) is 1. The maximum atomic E-state index is 14.1. The molecule has 130 valence electrons. The lowest BCUT2D eigenvalue weighted by Gasteiger charge is -2.14. The van der Waals surface area contributed by atoms with E-state index in [9.17, 15) is 18.4 Å². The van der Waals surface area contributed by atoms with Gasteiger partial charge in [0.15, 0.2) is 0 Å². The molecule has 1 N–H and O–H groups in total. The zero-order valence-electron chi connectivity index (χ0n) is 13.1. The van der Waals surface area contributed by atoms with E-state index < -0.39 is 29.0 Å². The lowest BCUT2D eigenvalue weighted by atomic mass is 10.0. The number of carbonyl (C=O) groups is 2. The highest BCUT2D eigenvalue weighted by Gasteiger charge is 2.31. The number of nitrogens with one attached hydrogen (secondary N) is 1. The Morgan fingerprint density at radius 1 is 1.33 bits per heavy atom. The summed E-state index contributed by atoms with van der Waals surface area (Å²) in [6.07, 6.45) is 3.54. The second kappa shape index (κ2) is 8.11. The molecular formula is C16H16BrF2NO3S. The van der Waals surface area contributed by atoms with E-state index in [0.717, 1.165) is 36.7 Å². The quantitative estimate of drug-likeness (QED) is 0.182. The fourth-order valence-corrected chi connectivity index (χ4v) is 2.95. The zero-order valence-corrected chi connectivity index (χ0v) is 15.5. The van der Waals surface area contributed by atoms with Crippen molar-refractivity contribution >= 4 is 39.4 Å². The van der Waals surface area contributed by atoms with E-state index in [4.69, 9.17) is 4.74 Å². The normalized spacial score (nSPS) is 14.9. The van der Waals surface area contributed by atoms with Crippen molar-refractivity contribution in [1.29, 1.82) is 0 Å². The third-order valence-electron chi connectivity index (χ3n) is 3.30. The second-order valence-electron chi connectivity index (χ2n) is 5.12. The van der Waals surface area contributed by atoms with Crippen LogP contribution in [-0.4, -0.2) is 30.7 Å². The molecular weight excluding hydrogens is 404 g/mol. The predicted octanol–water partition coefficient (Wildman–Crippen LogP) is 3.80. The van der Waals surface area contributed by atoms with Crippen molar-refractivity contribution in [2.45, 2.75) is 25.8 Å². The van der Waals surface area contributed by atoms with Gasteiger partial charge in [-0.1, -0.05) is 0 Å². The van der Waals surface area contributed by atoms with Crippen LogP contribution in [-0.2, 0) is 9.53 Å².